The van der Waals surface area contributed by atoms with Crippen molar-refractivity contribution < 1.29 is 4.79 Å². The molecule has 3 nitrogen and oxygen atoms in total. The van der Waals surface area contributed by atoms with Gasteiger partial charge in [0.2, 0.25) is 5.91 Å². The lowest BCUT2D eigenvalue weighted by molar-refractivity contribution is -0.122. The molecule has 2 saturated carbocycles. The fourth-order valence-corrected chi connectivity index (χ4v) is 3.15. The van der Waals surface area contributed by atoms with Gasteiger partial charge in [0.1, 0.15) is 0 Å². The van der Waals surface area contributed by atoms with E-state index in [1.807, 2.05) is 0 Å². The van der Waals surface area contributed by atoms with Crippen molar-refractivity contribution in [1.82, 2.24) is 10.6 Å². The lowest BCUT2D eigenvalue weighted by Crippen LogP contribution is -2.37. The molecule has 2 fully saturated rings. The standard InChI is InChI=1S/C16H30N2O/c1-12(2)13-4-3-5-15(9-8-13)17-10-11-18-16(19)14-6-7-14/h12-15,17H,3-11H2,1-2H3,(H,18,19). The van der Waals surface area contributed by atoms with E-state index in [-0.39, 0.29) is 5.91 Å². The molecule has 3 heteroatoms. The summed E-state index contributed by atoms with van der Waals surface area (Å²) in [4.78, 5) is 11.5. The minimum absolute atomic E-state index is 0.266. The molecule has 2 rings (SSSR count). The summed E-state index contributed by atoms with van der Waals surface area (Å²) in [6.07, 6.45) is 8.92. The van der Waals surface area contributed by atoms with Gasteiger partial charge in [-0.15, -0.1) is 0 Å². The fourth-order valence-electron chi connectivity index (χ4n) is 3.15. The first-order valence-electron chi connectivity index (χ1n) is 8.18. The van der Waals surface area contributed by atoms with Crippen molar-refractivity contribution in [3.05, 3.63) is 0 Å². The number of carbonyl (C=O) groups is 1. The highest BCUT2D eigenvalue weighted by Gasteiger charge is 2.29. The second kappa shape index (κ2) is 7.28. The van der Waals surface area contributed by atoms with Crippen molar-refractivity contribution in [2.24, 2.45) is 17.8 Å². The number of nitrogens with one attached hydrogen (secondary N) is 2. The maximum Gasteiger partial charge on any atom is 0.223 e. The molecule has 0 spiro atoms. The van der Waals surface area contributed by atoms with Crippen LogP contribution in [0.15, 0.2) is 0 Å². The zero-order valence-corrected chi connectivity index (χ0v) is 12.6. The van der Waals surface area contributed by atoms with Gasteiger partial charge in [0.05, 0.1) is 0 Å². The van der Waals surface area contributed by atoms with Crippen LogP contribution < -0.4 is 10.6 Å². The highest BCUT2D eigenvalue weighted by molar-refractivity contribution is 5.80. The molecule has 110 valence electrons. The Kier molecular flexibility index (Phi) is 5.68. The average molecular weight is 266 g/mol. The summed E-state index contributed by atoms with van der Waals surface area (Å²) in [6.45, 7) is 6.42. The number of hydrogen-bond acceptors (Lipinski definition) is 2. The minimum Gasteiger partial charge on any atom is -0.355 e. The van der Waals surface area contributed by atoms with Gasteiger partial charge in [-0.3, -0.25) is 4.79 Å². The molecule has 0 heterocycles. The van der Waals surface area contributed by atoms with E-state index in [9.17, 15) is 4.79 Å². The quantitative estimate of drug-likeness (QED) is 0.573. The first-order chi connectivity index (χ1) is 9.16. The van der Waals surface area contributed by atoms with E-state index in [4.69, 9.17) is 0 Å². The van der Waals surface area contributed by atoms with Crippen LogP contribution in [-0.2, 0) is 4.79 Å². The number of hydrogen-bond donors (Lipinski definition) is 2. The molecule has 0 bridgehead atoms. The summed E-state index contributed by atoms with van der Waals surface area (Å²) in [7, 11) is 0. The van der Waals surface area contributed by atoms with Crippen molar-refractivity contribution in [3.8, 4) is 0 Å². The van der Waals surface area contributed by atoms with Gasteiger partial charge in [0.15, 0.2) is 0 Å². The first kappa shape index (κ1) is 14.8. The van der Waals surface area contributed by atoms with E-state index >= 15 is 0 Å². The number of amides is 1. The van der Waals surface area contributed by atoms with Crippen LogP contribution in [0.1, 0.15) is 58.8 Å². The third kappa shape index (κ3) is 5.13. The lowest BCUT2D eigenvalue weighted by atomic mass is 9.89. The summed E-state index contributed by atoms with van der Waals surface area (Å²) in [6, 6.07) is 0.668. The third-order valence-electron chi connectivity index (χ3n) is 4.76. The highest BCUT2D eigenvalue weighted by Crippen LogP contribution is 2.29. The van der Waals surface area contributed by atoms with Crippen LogP contribution in [0.4, 0.5) is 0 Å². The van der Waals surface area contributed by atoms with Crippen LogP contribution in [0, 0.1) is 17.8 Å². The molecule has 0 aliphatic heterocycles. The van der Waals surface area contributed by atoms with Crippen LogP contribution in [0.5, 0.6) is 0 Å². The van der Waals surface area contributed by atoms with Gasteiger partial charge in [-0.05, 0) is 43.9 Å². The summed E-state index contributed by atoms with van der Waals surface area (Å²) in [5.74, 6) is 2.35. The van der Waals surface area contributed by atoms with Crippen LogP contribution in [0.25, 0.3) is 0 Å². The van der Waals surface area contributed by atoms with Crippen molar-refractivity contribution in [1.29, 1.82) is 0 Å². The second-order valence-corrected chi connectivity index (χ2v) is 6.73. The SMILES string of the molecule is CC(C)C1CCCC(NCCNC(=O)C2CC2)CC1. The number of carbonyl (C=O) groups excluding carboxylic acids is 1. The maximum atomic E-state index is 11.5. The van der Waals surface area contributed by atoms with Crippen LogP contribution in [0.2, 0.25) is 0 Å². The largest absolute Gasteiger partial charge is 0.355 e. The highest BCUT2D eigenvalue weighted by atomic mass is 16.2. The fraction of sp³-hybridized carbons (Fsp3) is 0.938. The Morgan fingerprint density at radius 3 is 2.53 bits per heavy atom. The molecule has 19 heavy (non-hydrogen) atoms. The minimum atomic E-state index is 0.266. The zero-order valence-electron chi connectivity index (χ0n) is 12.6. The topological polar surface area (TPSA) is 41.1 Å². The van der Waals surface area contributed by atoms with Gasteiger partial charge in [-0.1, -0.05) is 26.7 Å². The molecular weight excluding hydrogens is 236 g/mol. The molecule has 0 saturated heterocycles. The summed E-state index contributed by atoms with van der Waals surface area (Å²) < 4.78 is 0. The summed E-state index contributed by atoms with van der Waals surface area (Å²) in [5, 5.41) is 6.65. The molecule has 2 atom stereocenters. The molecule has 1 amide bonds. The number of rotatable bonds is 6. The predicted molar refractivity (Wildman–Crippen MR) is 78.9 cm³/mol. The summed E-state index contributed by atoms with van der Waals surface area (Å²) >= 11 is 0. The van der Waals surface area contributed by atoms with Crippen LogP contribution in [0.3, 0.4) is 0 Å². The second-order valence-electron chi connectivity index (χ2n) is 6.73. The maximum absolute atomic E-state index is 11.5. The molecule has 2 aliphatic carbocycles. The molecular formula is C16H30N2O. The normalized spacial score (nSPS) is 28.2. The van der Waals surface area contributed by atoms with Gasteiger partial charge in [-0.2, -0.15) is 0 Å². The van der Waals surface area contributed by atoms with Crippen molar-refractivity contribution in [2.45, 2.75) is 64.8 Å². The molecule has 0 radical (unpaired) electrons. The third-order valence-corrected chi connectivity index (χ3v) is 4.76. The average Bonchev–Trinajstić information content (AvgIpc) is 3.20. The van der Waals surface area contributed by atoms with E-state index in [1.165, 1.54) is 32.1 Å². The van der Waals surface area contributed by atoms with E-state index < -0.39 is 0 Å². The van der Waals surface area contributed by atoms with Crippen molar-refractivity contribution >= 4 is 5.91 Å². The van der Waals surface area contributed by atoms with Crippen molar-refractivity contribution in [3.63, 3.8) is 0 Å². The Bertz CT molecular complexity index is 286. The lowest BCUT2D eigenvalue weighted by Gasteiger charge is -2.19. The van der Waals surface area contributed by atoms with E-state index in [1.54, 1.807) is 0 Å². The smallest absolute Gasteiger partial charge is 0.223 e. The van der Waals surface area contributed by atoms with Crippen molar-refractivity contribution in [2.75, 3.05) is 13.1 Å². The Hall–Kier alpha value is -0.570. The molecule has 0 aromatic carbocycles. The molecule has 2 aliphatic rings. The molecule has 2 unspecified atom stereocenters. The Morgan fingerprint density at radius 2 is 1.84 bits per heavy atom. The predicted octanol–water partition coefficient (Wildman–Crippen LogP) is 2.71. The van der Waals surface area contributed by atoms with Gasteiger partial charge in [0, 0.05) is 25.0 Å². The Labute approximate surface area is 117 Å². The van der Waals surface area contributed by atoms with E-state index in [0.717, 1.165) is 37.8 Å². The van der Waals surface area contributed by atoms with Gasteiger partial charge in [-0.25, -0.2) is 0 Å². The van der Waals surface area contributed by atoms with Gasteiger partial charge < -0.3 is 10.6 Å². The van der Waals surface area contributed by atoms with E-state index in [0.29, 0.717) is 12.0 Å². The van der Waals surface area contributed by atoms with Crippen LogP contribution >= 0.6 is 0 Å². The molecule has 0 aromatic rings. The molecule has 2 N–H and O–H groups in total. The Morgan fingerprint density at radius 1 is 1.05 bits per heavy atom. The van der Waals surface area contributed by atoms with Crippen LogP contribution in [-0.4, -0.2) is 25.0 Å². The van der Waals surface area contributed by atoms with Gasteiger partial charge in [0.25, 0.3) is 0 Å². The Balaban J connectivity index is 1.56. The monoisotopic (exact) mass is 266 g/mol. The summed E-state index contributed by atoms with van der Waals surface area (Å²) in [5.41, 5.74) is 0. The first-order valence-corrected chi connectivity index (χ1v) is 8.18. The zero-order chi connectivity index (χ0) is 13.7. The van der Waals surface area contributed by atoms with E-state index in [2.05, 4.69) is 24.5 Å². The van der Waals surface area contributed by atoms with Gasteiger partial charge >= 0.3 is 0 Å². The molecule has 0 aromatic heterocycles.